The molecular weight excluding hydrogens is 436 g/mol. The highest BCUT2D eigenvalue weighted by molar-refractivity contribution is 7.88. The minimum Gasteiger partial charge on any atom is -0.373 e. The zero-order valence-electron chi connectivity index (χ0n) is 16.9. The van der Waals surface area contributed by atoms with Crippen LogP contribution >= 0.6 is 0 Å². The fourth-order valence-corrected chi connectivity index (χ4v) is 6.94. The molecule has 0 radical (unpaired) electrons. The van der Waals surface area contributed by atoms with E-state index in [-0.39, 0.29) is 62.9 Å². The van der Waals surface area contributed by atoms with Crippen LogP contribution in [0.15, 0.2) is 24.3 Å². The molecule has 0 amide bonds. The first-order valence-electron chi connectivity index (χ1n) is 9.61. The molecule has 2 aliphatic rings. The molecule has 13 heteroatoms. The molecule has 0 aromatic heterocycles. The highest BCUT2D eigenvalue weighted by Gasteiger charge is 2.38. The van der Waals surface area contributed by atoms with E-state index in [0.29, 0.717) is 5.56 Å². The topological polar surface area (TPSA) is 130 Å². The van der Waals surface area contributed by atoms with E-state index in [2.05, 4.69) is 0 Å². The first kappa shape index (κ1) is 23.0. The summed E-state index contributed by atoms with van der Waals surface area (Å²) in [5.74, 6) is -0.295. The Kier molecular flexibility index (Phi) is 6.79. The third kappa shape index (κ3) is 5.15. The number of hydrogen-bond donors (Lipinski definition) is 0. The Morgan fingerprint density at radius 2 is 1.43 bits per heavy atom. The Morgan fingerprint density at radius 1 is 0.933 bits per heavy atom. The Bertz CT molecular complexity index is 964. The number of nitro benzene ring substituents is 1. The van der Waals surface area contributed by atoms with Gasteiger partial charge in [-0.3, -0.25) is 10.1 Å². The molecule has 0 aliphatic carbocycles. The van der Waals surface area contributed by atoms with Gasteiger partial charge in [-0.15, -0.1) is 0 Å². The van der Waals surface area contributed by atoms with Crippen LogP contribution in [0.2, 0.25) is 0 Å². The van der Waals surface area contributed by atoms with Gasteiger partial charge in [-0.05, 0) is 19.4 Å². The Labute approximate surface area is 176 Å². The normalized spacial score (nSPS) is 25.3. The highest BCUT2D eigenvalue weighted by atomic mass is 32.2. The van der Waals surface area contributed by atoms with E-state index >= 15 is 0 Å². The molecule has 1 aromatic carbocycles. The van der Waals surface area contributed by atoms with Gasteiger partial charge in [-0.2, -0.15) is 21.3 Å². The van der Waals surface area contributed by atoms with Crippen molar-refractivity contribution < 1.29 is 26.5 Å². The van der Waals surface area contributed by atoms with Crippen molar-refractivity contribution in [2.45, 2.75) is 31.8 Å². The number of nitro groups is 1. The predicted octanol–water partition coefficient (Wildman–Crippen LogP) is 0.396. The van der Waals surface area contributed by atoms with Crippen LogP contribution in [0.25, 0.3) is 0 Å². The van der Waals surface area contributed by atoms with E-state index < -0.39 is 25.2 Å². The maximum absolute atomic E-state index is 12.9. The van der Waals surface area contributed by atoms with Gasteiger partial charge in [0.1, 0.15) is 0 Å². The average molecular weight is 463 g/mol. The molecule has 11 nitrogen and oxygen atoms in total. The number of piperazine rings is 1. The van der Waals surface area contributed by atoms with Crippen molar-refractivity contribution >= 4 is 25.9 Å². The Hall–Kier alpha value is -1.64. The monoisotopic (exact) mass is 462 g/mol. The van der Waals surface area contributed by atoms with Crippen LogP contribution < -0.4 is 0 Å². The number of benzene rings is 1. The zero-order chi connectivity index (χ0) is 22.1. The molecule has 30 heavy (non-hydrogen) atoms. The van der Waals surface area contributed by atoms with Crippen molar-refractivity contribution in [3.05, 3.63) is 39.9 Å². The molecule has 0 N–H and O–H groups in total. The second-order valence-electron chi connectivity index (χ2n) is 7.56. The Morgan fingerprint density at radius 3 is 1.93 bits per heavy atom. The largest absolute Gasteiger partial charge is 0.373 e. The first-order chi connectivity index (χ1) is 14.0. The third-order valence-electron chi connectivity index (χ3n) is 5.13. The molecule has 0 bridgehead atoms. The van der Waals surface area contributed by atoms with Crippen LogP contribution in [0, 0.1) is 10.1 Å². The maximum atomic E-state index is 12.9. The van der Waals surface area contributed by atoms with E-state index in [1.165, 1.54) is 37.2 Å². The van der Waals surface area contributed by atoms with Gasteiger partial charge in [0.2, 0.25) is 10.0 Å². The second kappa shape index (κ2) is 8.85. The predicted molar refractivity (Wildman–Crippen MR) is 109 cm³/mol. The number of rotatable bonds is 6. The summed E-state index contributed by atoms with van der Waals surface area (Å²) in [4.78, 5) is 10.2. The Balaban J connectivity index is 1.62. The lowest BCUT2D eigenvalue weighted by atomic mass is 10.2. The van der Waals surface area contributed by atoms with Gasteiger partial charge in [0, 0.05) is 51.4 Å². The van der Waals surface area contributed by atoms with Crippen molar-refractivity contribution in [1.82, 2.24) is 12.9 Å². The lowest BCUT2D eigenvalue weighted by Crippen LogP contribution is -2.57. The average Bonchev–Trinajstić information content (AvgIpc) is 2.67. The van der Waals surface area contributed by atoms with Crippen LogP contribution in [0.5, 0.6) is 0 Å². The summed E-state index contributed by atoms with van der Waals surface area (Å²) in [5.41, 5.74) is 0.327. The van der Waals surface area contributed by atoms with Gasteiger partial charge in [-0.25, -0.2) is 8.42 Å². The van der Waals surface area contributed by atoms with Gasteiger partial charge < -0.3 is 4.74 Å². The first-order valence-corrected chi connectivity index (χ1v) is 12.6. The minimum absolute atomic E-state index is 0.0595. The molecule has 2 aliphatic heterocycles. The van der Waals surface area contributed by atoms with Gasteiger partial charge >= 0.3 is 0 Å². The van der Waals surface area contributed by atoms with Crippen LogP contribution in [0.3, 0.4) is 0 Å². The van der Waals surface area contributed by atoms with Gasteiger partial charge in [0.15, 0.2) is 0 Å². The summed E-state index contributed by atoms with van der Waals surface area (Å²) in [6.45, 7) is 4.44. The van der Waals surface area contributed by atoms with Crippen LogP contribution in [-0.4, -0.2) is 86.2 Å². The van der Waals surface area contributed by atoms with Crippen LogP contribution in [-0.2, 0) is 30.7 Å². The van der Waals surface area contributed by atoms with E-state index in [9.17, 15) is 26.9 Å². The SMILES string of the molecule is CC1CN(S(=O)(=O)N2CCN(S(=O)(=O)Cc3ccc([N+](=O)[O-])cc3)CC2)CC(C)O1. The van der Waals surface area contributed by atoms with E-state index in [0.717, 1.165) is 0 Å². The fraction of sp³-hybridized carbons (Fsp3) is 0.647. The molecule has 1 aromatic rings. The minimum atomic E-state index is -3.69. The molecule has 0 saturated carbocycles. The van der Waals surface area contributed by atoms with Gasteiger partial charge in [0.25, 0.3) is 15.9 Å². The van der Waals surface area contributed by atoms with Crippen molar-refractivity contribution in [3.8, 4) is 0 Å². The van der Waals surface area contributed by atoms with Crippen molar-refractivity contribution in [1.29, 1.82) is 0 Å². The van der Waals surface area contributed by atoms with Crippen LogP contribution in [0.4, 0.5) is 5.69 Å². The molecule has 2 saturated heterocycles. The van der Waals surface area contributed by atoms with E-state index in [1.54, 1.807) is 0 Å². The summed E-state index contributed by atoms with van der Waals surface area (Å²) in [6, 6.07) is 5.35. The number of sulfonamides is 1. The standard InChI is InChI=1S/C17H26N4O7S2/c1-14-11-20(12-15(2)28-14)30(26,27)19-9-7-18(8-10-19)29(24,25)13-16-3-5-17(6-4-16)21(22)23/h3-6,14-15H,7-13H2,1-2H3. The number of nitrogens with zero attached hydrogens (tertiary/aromatic N) is 4. The smallest absolute Gasteiger partial charge is 0.282 e. The van der Waals surface area contributed by atoms with E-state index in [1.807, 2.05) is 13.8 Å². The number of morpholine rings is 1. The van der Waals surface area contributed by atoms with Crippen molar-refractivity contribution in [3.63, 3.8) is 0 Å². The molecule has 2 fully saturated rings. The lowest BCUT2D eigenvalue weighted by molar-refractivity contribution is -0.384. The molecular formula is C17H26N4O7S2. The summed E-state index contributed by atoms with van der Waals surface area (Å²) < 4.78 is 60.9. The van der Waals surface area contributed by atoms with Crippen molar-refractivity contribution in [2.75, 3.05) is 39.3 Å². The molecule has 3 rings (SSSR count). The molecule has 0 spiro atoms. The zero-order valence-corrected chi connectivity index (χ0v) is 18.5. The maximum Gasteiger partial charge on any atom is 0.282 e. The summed E-state index contributed by atoms with van der Waals surface area (Å²) >= 11 is 0. The molecule has 2 atom stereocenters. The number of ether oxygens (including phenoxy) is 1. The quantitative estimate of drug-likeness (QED) is 0.442. The highest BCUT2D eigenvalue weighted by Crippen LogP contribution is 2.21. The summed E-state index contributed by atoms with van der Waals surface area (Å²) in [6.07, 6.45) is -0.404. The third-order valence-corrected chi connectivity index (χ3v) is 8.94. The second-order valence-corrected chi connectivity index (χ2v) is 11.5. The van der Waals surface area contributed by atoms with Crippen molar-refractivity contribution in [2.24, 2.45) is 0 Å². The van der Waals surface area contributed by atoms with Gasteiger partial charge in [0.05, 0.1) is 22.9 Å². The van der Waals surface area contributed by atoms with Gasteiger partial charge in [-0.1, -0.05) is 12.1 Å². The number of non-ortho nitro benzene ring substituents is 1. The van der Waals surface area contributed by atoms with Crippen LogP contribution in [0.1, 0.15) is 19.4 Å². The summed E-state index contributed by atoms with van der Waals surface area (Å²) in [7, 11) is -7.36. The summed E-state index contributed by atoms with van der Waals surface area (Å²) in [5, 5.41) is 10.7. The fourth-order valence-electron chi connectivity index (χ4n) is 3.68. The molecule has 2 unspecified atom stereocenters. The molecule has 168 valence electrons. The van der Waals surface area contributed by atoms with E-state index in [4.69, 9.17) is 4.74 Å². The number of hydrogen-bond acceptors (Lipinski definition) is 7. The lowest BCUT2D eigenvalue weighted by Gasteiger charge is -2.40. The molecule has 2 heterocycles.